The van der Waals surface area contributed by atoms with Crippen molar-refractivity contribution in [3.63, 3.8) is 0 Å². The third-order valence-corrected chi connectivity index (χ3v) is 3.31. The first kappa shape index (κ1) is 12.1. The SMILES string of the molecule is Clc1cc(Br)cnc1NCCC1CCCO1. The average Bonchev–Trinajstić information content (AvgIpc) is 2.74. The Hall–Kier alpha value is -0.320. The smallest absolute Gasteiger partial charge is 0.144 e. The highest BCUT2D eigenvalue weighted by Crippen LogP contribution is 2.23. The van der Waals surface area contributed by atoms with Gasteiger partial charge in [-0.25, -0.2) is 4.98 Å². The number of hydrogen-bond donors (Lipinski definition) is 1. The molecular formula is C11H14BrClN2O. The van der Waals surface area contributed by atoms with Crippen LogP contribution in [-0.4, -0.2) is 24.2 Å². The number of nitrogens with one attached hydrogen (secondary N) is 1. The predicted octanol–water partition coefficient (Wildman–Crippen LogP) is 3.48. The molecule has 1 saturated heterocycles. The summed E-state index contributed by atoms with van der Waals surface area (Å²) in [6.07, 6.45) is 5.50. The van der Waals surface area contributed by atoms with E-state index in [4.69, 9.17) is 16.3 Å². The van der Waals surface area contributed by atoms with E-state index >= 15 is 0 Å². The second kappa shape index (κ2) is 5.84. The molecule has 2 rings (SSSR count). The van der Waals surface area contributed by atoms with Crippen molar-refractivity contribution in [1.29, 1.82) is 0 Å². The van der Waals surface area contributed by atoms with Gasteiger partial charge in [0, 0.05) is 23.8 Å². The van der Waals surface area contributed by atoms with Crippen molar-refractivity contribution in [3.05, 3.63) is 21.8 Å². The number of pyridine rings is 1. The van der Waals surface area contributed by atoms with Crippen molar-refractivity contribution in [2.24, 2.45) is 0 Å². The molecule has 0 radical (unpaired) electrons. The van der Waals surface area contributed by atoms with Crippen LogP contribution >= 0.6 is 27.5 Å². The van der Waals surface area contributed by atoms with E-state index in [1.54, 1.807) is 6.20 Å². The molecule has 0 aliphatic carbocycles. The van der Waals surface area contributed by atoms with Crippen LogP contribution in [0, 0.1) is 0 Å². The van der Waals surface area contributed by atoms with Gasteiger partial charge in [-0.05, 0) is 41.3 Å². The highest BCUT2D eigenvalue weighted by molar-refractivity contribution is 9.10. The van der Waals surface area contributed by atoms with Crippen LogP contribution in [0.25, 0.3) is 0 Å². The standard InChI is InChI=1S/C11H14BrClN2O/c12-8-6-10(13)11(15-7-8)14-4-3-9-2-1-5-16-9/h6-7,9H,1-5H2,(H,14,15). The van der Waals surface area contributed by atoms with E-state index in [-0.39, 0.29) is 0 Å². The number of hydrogen-bond acceptors (Lipinski definition) is 3. The molecule has 2 heterocycles. The molecule has 3 nitrogen and oxygen atoms in total. The summed E-state index contributed by atoms with van der Waals surface area (Å²) in [5.74, 6) is 0.739. The second-order valence-corrected chi connectivity index (χ2v) is 5.16. The lowest BCUT2D eigenvalue weighted by atomic mass is 10.2. The Bertz CT molecular complexity index is 356. The summed E-state index contributed by atoms with van der Waals surface area (Å²) in [7, 11) is 0. The van der Waals surface area contributed by atoms with Gasteiger partial charge in [-0.3, -0.25) is 0 Å². The minimum Gasteiger partial charge on any atom is -0.378 e. The minimum atomic E-state index is 0.404. The monoisotopic (exact) mass is 304 g/mol. The van der Waals surface area contributed by atoms with Gasteiger partial charge in [-0.1, -0.05) is 11.6 Å². The maximum Gasteiger partial charge on any atom is 0.144 e. The van der Waals surface area contributed by atoms with Crippen LogP contribution in [0.4, 0.5) is 5.82 Å². The van der Waals surface area contributed by atoms with E-state index in [1.165, 1.54) is 12.8 Å². The van der Waals surface area contributed by atoms with Crippen molar-refractivity contribution in [3.8, 4) is 0 Å². The lowest BCUT2D eigenvalue weighted by Crippen LogP contribution is -2.13. The highest BCUT2D eigenvalue weighted by atomic mass is 79.9. The molecule has 0 amide bonds. The molecule has 1 aliphatic heterocycles. The zero-order valence-corrected chi connectivity index (χ0v) is 11.2. The molecule has 16 heavy (non-hydrogen) atoms. The number of halogens is 2. The number of ether oxygens (including phenoxy) is 1. The summed E-state index contributed by atoms with van der Waals surface area (Å²) in [6, 6.07) is 1.84. The van der Waals surface area contributed by atoms with Crippen LogP contribution in [0.5, 0.6) is 0 Å². The van der Waals surface area contributed by atoms with E-state index < -0.39 is 0 Å². The second-order valence-electron chi connectivity index (χ2n) is 3.83. The molecular weight excluding hydrogens is 291 g/mol. The average molecular weight is 306 g/mol. The summed E-state index contributed by atoms with van der Waals surface area (Å²) in [4.78, 5) is 4.21. The fourth-order valence-electron chi connectivity index (χ4n) is 1.77. The third kappa shape index (κ3) is 3.34. The van der Waals surface area contributed by atoms with Gasteiger partial charge in [0.05, 0.1) is 11.1 Å². The molecule has 1 fully saturated rings. The summed E-state index contributed by atoms with van der Waals surface area (Å²) in [5, 5.41) is 3.86. The van der Waals surface area contributed by atoms with Gasteiger partial charge in [0.25, 0.3) is 0 Å². The van der Waals surface area contributed by atoms with Crippen molar-refractivity contribution in [2.75, 3.05) is 18.5 Å². The molecule has 1 aliphatic rings. The van der Waals surface area contributed by atoms with Crippen molar-refractivity contribution >= 4 is 33.3 Å². The van der Waals surface area contributed by atoms with Crippen molar-refractivity contribution < 1.29 is 4.74 Å². The Morgan fingerprint density at radius 2 is 2.50 bits per heavy atom. The van der Waals surface area contributed by atoms with E-state index in [2.05, 4.69) is 26.2 Å². The lowest BCUT2D eigenvalue weighted by molar-refractivity contribution is 0.107. The highest BCUT2D eigenvalue weighted by Gasteiger charge is 2.14. The molecule has 0 bridgehead atoms. The van der Waals surface area contributed by atoms with Crippen LogP contribution in [0.15, 0.2) is 16.7 Å². The van der Waals surface area contributed by atoms with Crippen LogP contribution < -0.4 is 5.32 Å². The molecule has 1 atom stereocenters. The zero-order chi connectivity index (χ0) is 11.4. The van der Waals surface area contributed by atoms with Gasteiger partial charge < -0.3 is 10.1 Å². The van der Waals surface area contributed by atoms with E-state index in [0.717, 1.165) is 29.9 Å². The van der Waals surface area contributed by atoms with Gasteiger partial charge >= 0.3 is 0 Å². The zero-order valence-electron chi connectivity index (χ0n) is 8.88. The van der Waals surface area contributed by atoms with Crippen LogP contribution in [-0.2, 0) is 4.74 Å². The molecule has 0 aromatic carbocycles. The Kier molecular flexibility index (Phi) is 4.44. The van der Waals surface area contributed by atoms with Gasteiger partial charge in [0.2, 0.25) is 0 Å². The number of aromatic nitrogens is 1. The van der Waals surface area contributed by atoms with Gasteiger partial charge in [0.15, 0.2) is 0 Å². The minimum absolute atomic E-state index is 0.404. The van der Waals surface area contributed by atoms with Crippen LogP contribution in [0.2, 0.25) is 5.02 Å². The molecule has 1 aromatic rings. The number of nitrogens with zero attached hydrogens (tertiary/aromatic N) is 1. The first-order valence-corrected chi connectivity index (χ1v) is 6.59. The van der Waals surface area contributed by atoms with Crippen molar-refractivity contribution in [2.45, 2.75) is 25.4 Å². The molecule has 88 valence electrons. The molecule has 5 heteroatoms. The summed E-state index contributed by atoms with van der Waals surface area (Å²) in [6.45, 7) is 1.75. The normalized spacial score (nSPS) is 20.0. The Morgan fingerprint density at radius 1 is 1.62 bits per heavy atom. The quantitative estimate of drug-likeness (QED) is 0.925. The lowest BCUT2D eigenvalue weighted by Gasteiger charge is -2.11. The topological polar surface area (TPSA) is 34.2 Å². The maximum absolute atomic E-state index is 6.04. The molecule has 1 unspecified atom stereocenters. The first-order valence-electron chi connectivity index (χ1n) is 5.42. The fraction of sp³-hybridized carbons (Fsp3) is 0.545. The van der Waals surface area contributed by atoms with Crippen LogP contribution in [0.3, 0.4) is 0 Å². The number of anilines is 1. The molecule has 1 aromatic heterocycles. The summed E-state index contributed by atoms with van der Waals surface area (Å²) < 4.78 is 6.43. The Morgan fingerprint density at radius 3 is 3.19 bits per heavy atom. The van der Waals surface area contributed by atoms with E-state index in [0.29, 0.717) is 11.1 Å². The molecule has 1 N–H and O–H groups in total. The Balaban J connectivity index is 1.80. The Labute approximate surface area is 109 Å². The fourth-order valence-corrected chi connectivity index (χ4v) is 2.46. The first-order chi connectivity index (χ1) is 7.75. The molecule has 0 spiro atoms. The maximum atomic E-state index is 6.04. The van der Waals surface area contributed by atoms with Gasteiger partial charge in [-0.2, -0.15) is 0 Å². The molecule has 0 saturated carbocycles. The van der Waals surface area contributed by atoms with Crippen molar-refractivity contribution in [1.82, 2.24) is 4.98 Å². The van der Waals surface area contributed by atoms with Gasteiger partial charge in [0.1, 0.15) is 5.82 Å². The third-order valence-electron chi connectivity index (χ3n) is 2.59. The predicted molar refractivity (Wildman–Crippen MR) is 69.0 cm³/mol. The summed E-state index contributed by atoms with van der Waals surface area (Å²) >= 11 is 9.36. The van der Waals surface area contributed by atoms with Gasteiger partial charge in [-0.15, -0.1) is 0 Å². The van der Waals surface area contributed by atoms with E-state index in [1.807, 2.05) is 6.07 Å². The summed E-state index contributed by atoms with van der Waals surface area (Å²) in [5.41, 5.74) is 0. The van der Waals surface area contributed by atoms with E-state index in [9.17, 15) is 0 Å². The number of rotatable bonds is 4. The van der Waals surface area contributed by atoms with Crippen LogP contribution in [0.1, 0.15) is 19.3 Å². The largest absolute Gasteiger partial charge is 0.378 e.